The van der Waals surface area contributed by atoms with Crippen molar-refractivity contribution in [3.8, 4) is 0 Å². The first-order chi connectivity index (χ1) is 11.0. The number of carbonyl (C=O) groups excluding carboxylic acids is 1. The summed E-state index contributed by atoms with van der Waals surface area (Å²) in [5.41, 5.74) is 2.83. The molecule has 6 atom stereocenters. The molecule has 1 aromatic carbocycles. The summed E-state index contributed by atoms with van der Waals surface area (Å²) < 4.78 is 0. The predicted molar refractivity (Wildman–Crippen MR) is 86.9 cm³/mol. The van der Waals surface area contributed by atoms with Crippen LogP contribution in [0.4, 0.5) is 5.69 Å². The topological polar surface area (TPSA) is 66.4 Å². The largest absolute Gasteiger partial charge is 0.481 e. The van der Waals surface area contributed by atoms with Gasteiger partial charge in [0, 0.05) is 5.69 Å². The molecule has 1 aromatic rings. The van der Waals surface area contributed by atoms with E-state index in [1.807, 2.05) is 38.1 Å². The molecule has 2 bridgehead atoms. The van der Waals surface area contributed by atoms with Crippen LogP contribution in [0.25, 0.3) is 0 Å². The van der Waals surface area contributed by atoms with E-state index in [0.717, 1.165) is 23.2 Å². The van der Waals surface area contributed by atoms with E-state index in [1.165, 1.54) is 0 Å². The third kappa shape index (κ3) is 2.12. The fourth-order valence-corrected chi connectivity index (χ4v) is 4.79. The normalized spacial score (nSPS) is 36.4. The average molecular weight is 311 g/mol. The number of nitrogens with one attached hydrogen (secondary N) is 1. The van der Waals surface area contributed by atoms with E-state index in [4.69, 9.17) is 0 Å². The van der Waals surface area contributed by atoms with E-state index in [0.29, 0.717) is 11.8 Å². The number of benzene rings is 1. The monoisotopic (exact) mass is 311 g/mol. The van der Waals surface area contributed by atoms with Gasteiger partial charge in [-0.05, 0) is 55.1 Å². The van der Waals surface area contributed by atoms with E-state index < -0.39 is 17.8 Å². The fourth-order valence-electron chi connectivity index (χ4n) is 4.79. The van der Waals surface area contributed by atoms with Crippen LogP contribution in [-0.2, 0) is 9.59 Å². The second kappa shape index (κ2) is 4.95. The van der Waals surface area contributed by atoms with E-state index in [1.54, 1.807) is 0 Å². The summed E-state index contributed by atoms with van der Waals surface area (Å²) in [5.74, 6) is -0.921. The van der Waals surface area contributed by atoms with Crippen molar-refractivity contribution in [3.63, 3.8) is 0 Å². The summed E-state index contributed by atoms with van der Waals surface area (Å²) in [6.45, 7) is 3.92. The zero-order chi connectivity index (χ0) is 16.3. The Morgan fingerprint density at radius 3 is 2.17 bits per heavy atom. The van der Waals surface area contributed by atoms with Crippen molar-refractivity contribution in [2.45, 2.75) is 20.3 Å². The number of carbonyl (C=O) groups is 2. The van der Waals surface area contributed by atoms with Gasteiger partial charge in [0.1, 0.15) is 0 Å². The van der Waals surface area contributed by atoms with Gasteiger partial charge in [0.25, 0.3) is 0 Å². The number of anilines is 1. The van der Waals surface area contributed by atoms with E-state index in [2.05, 4.69) is 11.4 Å². The molecule has 2 fully saturated rings. The second-order valence-corrected chi connectivity index (χ2v) is 7.25. The third-order valence-electron chi connectivity index (χ3n) is 5.97. The molecular weight excluding hydrogens is 290 g/mol. The molecule has 2 N–H and O–H groups in total. The summed E-state index contributed by atoms with van der Waals surface area (Å²) in [6, 6.07) is 5.88. The molecule has 0 unspecified atom stereocenters. The minimum Gasteiger partial charge on any atom is -0.481 e. The Bertz CT molecular complexity index is 703. The van der Waals surface area contributed by atoms with Crippen molar-refractivity contribution in [1.82, 2.24) is 0 Å². The highest BCUT2D eigenvalue weighted by Crippen LogP contribution is 2.63. The number of carboxylic acids is 1. The molecule has 0 heterocycles. The highest BCUT2D eigenvalue weighted by Gasteiger charge is 2.62. The first kappa shape index (κ1) is 14.5. The number of fused-ring (bicyclic) bond motifs is 1. The van der Waals surface area contributed by atoms with E-state index >= 15 is 0 Å². The molecule has 0 saturated heterocycles. The van der Waals surface area contributed by atoms with Crippen molar-refractivity contribution in [2.75, 3.05) is 5.32 Å². The standard InChI is InChI=1S/C19H21NO3/c1-9-4-3-5-10(2)17(9)20-18(21)15-11-6-7-12(14-8-13(11)14)16(15)19(22)23/h3-7,11-16H,8H2,1-2H3,(H,20,21)(H,22,23)/t11-,12+,13+,14+,15-,16-/m0/s1. The van der Waals surface area contributed by atoms with Gasteiger partial charge >= 0.3 is 5.97 Å². The number of allylic oxidation sites excluding steroid dienone is 2. The van der Waals surface area contributed by atoms with Crippen LogP contribution in [0.3, 0.4) is 0 Å². The van der Waals surface area contributed by atoms with Gasteiger partial charge in [-0.2, -0.15) is 0 Å². The van der Waals surface area contributed by atoms with Gasteiger partial charge in [0.15, 0.2) is 0 Å². The Kier molecular flexibility index (Phi) is 3.12. The van der Waals surface area contributed by atoms with E-state index in [-0.39, 0.29) is 17.7 Å². The molecule has 2 saturated carbocycles. The lowest BCUT2D eigenvalue weighted by Crippen LogP contribution is -2.48. The zero-order valence-electron chi connectivity index (χ0n) is 13.3. The Labute approximate surface area is 135 Å². The summed E-state index contributed by atoms with van der Waals surface area (Å²) in [5, 5.41) is 12.7. The molecule has 23 heavy (non-hydrogen) atoms. The maximum absolute atomic E-state index is 12.9. The molecule has 1 amide bonds. The van der Waals surface area contributed by atoms with Crippen molar-refractivity contribution in [3.05, 3.63) is 41.5 Å². The molecule has 0 aromatic heterocycles. The number of amides is 1. The number of para-hydroxylation sites is 1. The van der Waals surface area contributed by atoms with Gasteiger partial charge in [-0.1, -0.05) is 30.4 Å². The van der Waals surface area contributed by atoms with Gasteiger partial charge in [-0.3, -0.25) is 9.59 Å². The summed E-state index contributed by atoms with van der Waals surface area (Å²) >= 11 is 0. The van der Waals surface area contributed by atoms with Crippen molar-refractivity contribution < 1.29 is 14.7 Å². The number of carboxylic acid groups (broad SMARTS) is 1. The van der Waals surface area contributed by atoms with Crippen LogP contribution in [-0.4, -0.2) is 17.0 Å². The first-order valence-electron chi connectivity index (χ1n) is 8.27. The van der Waals surface area contributed by atoms with Crippen LogP contribution in [0.2, 0.25) is 0 Å². The summed E-state index contributed by atoms with van der Waals surface area (Å²) in [6.07, 6.45) is 5.20. The minimum atomic E-state index is -0.837. The Morgan fingerprint density at radius 2 is 1.61 bits per heavy atom. The SMILES string of the molecule is Cc1cccc(C)c1NC(=O)[C@H]1[C@H]2C=C[C@H]([C@H]3C[C@H]23)[C@@H]1C(=O)O. The van der Waals surface area contributed by atoms with Gasteiger partial charge in [-0.15, -0.1) is 0 Å². The van der Waals surface area contributed by atoms with Gasteiger partial charge in [0.05, 0.1) is 11.8 Å². The highest BCUT2D eigenvalue weighted by molar-refractivity contribution is 5.97. The average Bonchev–Trinajstić information content (AvgIpc) is 3.32. The minimum absolute atomic E-state index is 0.0243. The van der Waals surface area contributed by atoms with Crippen LogP contribution >= 0.6 is 0 Å². The Balaban J connectivity index is 1.65. The number of aryl methyl sites for hydroxylation is 2. The first-order valence-corrected chi connectivity index (χ1v) is 8.27. The lowest BCUT2D eigenvalue weighted by Gasteiger charge is -2.41. The van der Waals surface area contributed by atoms with Crippen LogP contribution in [0.1, 0.15) is 17.5 Å². The van der Waals surface area contributed by atoms with Gasteiger partial charge < -0.3 is 10.4 Å². The summed E-state index contributed by atoms with van der Waals surface area (Å²) in [7, 11) is 0. The summed E-state index contributed by atoms with van der Waals surface area (Å²) in [4.78, 5) is 24.7. The van der Waals surface area contributed by atoms with Crippen molar-refractivity contribution >= 4 is 17.6 Å². The second-order valence-electron chi connectivity index (χ2n) is 7.25. The van der Waals surface area contributed by atoms with E-state index in [9.17, 15) is 14.7 Å². The Hall–Kier alpha value is -2.10. The lowest BCUT2D eigenvalue weighted by atomic mass is 9.62. The van der Waals surface area contributed by atoms with Crippen LogP contribution < -0.4 is 5.32 Å². The maximum atomic E-state index is 12.9. The molecule has 120 valence electrons. The molecule has 4 nitrogen and oxygen atoms in total. The lowest BCUT2D eigenvalue weighted by molar-refractivity contribution is -0.152. The molecule has 4 heteroatoms. The highest BCUT2D eigenvalue weighted by atomic mass is 16.4. The molecule has 0 aliphatic heterocycles. The van der Waals surface area contributed by atoms with Crippen LogP contribution in [0.15, 0.2) is 30.4 Å². The molecule has 5 rings (SSSR count). The number of hydrogen-bond donors (Lipinski definition) is 2. The van der Waals surface area contributed by atoms with Crippen molar-refractivity contribution in [1.29, 1.82) is 0 Å². The van der Waals surface area contributed by atoms with Gasteiger partial charge in [0.2, 0.25) is 5.91 Å². The van der Waals surface area contributed by atoms with Crippen LogP contribution in [0.5, 0.6) is 0 Å². The molecule has 4 aliphatic rings. The Morgan fingerprint density at radius 1 is 1.04 bits per heavy atom. The third-order valence-corrected chi connectivity index (χ3v) is 5.97. The molecule has 4 aliphatic carbocycles. The molecule has 0 spiro atoms. The predicted octanol–water partition coefficient (Wildman–Crippen LogP) is 3.01. The quantitative estimate of drug-likeness (QED) is 0.843. The molecule has 0 radical (unpaired) electrons. The van der Waals surface area contributed by atoms with Crippen molar-refractivity contribution in [2.24, 2.45) is 35.5 Å². The number of aliphatic carboxylic acids is 1. The van der Waals surface area contributed by atoms with Crippen LogP contribution in [0, 0.1) is 49.4 Å². The zero-order valence-corrected chi connectivity index (χ0v) is 13.3. The smallest absolute Gasteiger partial charge is 0.307 e. The number of hydrogen-bond acceptors (Lipinski definition) is 2. The fraction of sp³-hybridized carbons (Fsp3) is 0.474. The molecular formula is C19H21NO3. The number of rotatable bonds is 3. The van der Waals surface area contributed by atoms with Gasteiger partial charge in [-0.25, -0.2) is 0 Å². The maximum Gasteiger partial charge on any atom is 0.307 e.